The normalized spacial score (nSPS) is 21.6. The van der Waals surface area contributed by atoms with Gasteiger partial charge in [-0.2, -0.15) is 0 Å². The third-order valence-electron chi connectivity index (χ3n) is 7.64. The van der Waals surface area contributed by atoms with Gasteiger partial charge in [0, 0.05) is 30.6 Å². The minimum atomic E-state index is -0.877. The molecule has 6 rings (SSSR count). The van der Waals surface area contributed by atoms with Gasteiger partial charge < -0.3 is 20.5 Å². The van der Waals surface area contributed by atoms with Gasteiger partial charge in [0.1, 0.15) is 11.4 Å². The summed E-state index contributed by atoms with van der Waals surface area (Å²) in [6, 6.07) is 13.9. The van der Waals surface area contributed by atoms with E-state index >= 15 is 0 Å². The van der Waals surface area contributed by atoms with E-state index < -0.39 is 5.97 Å². The number of carboxylic acids is 1. The Morgan fingerprint density at radius 1 is 1.19 bits per heavy atom. The zero-order valence-electron chi connectivity index (χ0n) is 21.3. The van der Waals surface area contributed by atoms with Gasteiger partial charge >= 0.3 is 5.97 Å². The van der Waals surface area contributed by atoms with Gasteiger partial charge in [-0.25, -0.2) is 9.78 Å². The van der Waals surface area contributed by atoms with Crippen molar-refractivity contribution in [2.75, 3.05) is 13.2 Å². The number of carbonyl (C=O) groups excluding carboxylic acids is 1. The van der Waals surface area contributed by atoms with Gasteiger partial charge in [0.2, 0.25) is 0 Å². The fourth-order valence-electron chi connectivity index (χ4n) is 6.02. The van der Waals surface area contributed by atoms with Crippen LogP contribution >= 0.6 is 11.3 Å². The standard InChI is InChI=1S/C20H25N3OS.C9H8O3/c1-12-5-3-7-15(9-12)19-18(22-13(2)25-19)20(24)23-16(11-21)10-14-6-4-8-17(14)23;10-9(11)7-2-1-3-8-6(7)4-5-12-8/h3,5,7,9,14,16-17H,4,6,8,10-11,21H2,1-2H3;1-3H,4-5H2,(H,10,11)/t14-,16-,17-;/m0./s1. The van der Waals surface area contributed by atoms with Crippen molar-refractivity contribution in [2.24, 2.45) is 11.7 Å². The third kappa shape index (κ3) is 5.00. The van der Waals surface area contributed by atoms with Crippen molar-refractivity contribution in [2.45, 2.75) is 58.0 Å². The van der Waals surface area contributed by atoms with E-state index in [1.807, 2.05) is 13.0 Å². The van der Waals surface area contributed by atoms with Crippen LogP contribution in [0.2, 0.25) is 0 Å². The molecule has 2 fully saturated rings. The number of likely N-dealkylation sites (tertiary alicyclic amines) is 1. The number of carboxylic acid groups (broad SMARTS) is 1. The molecular formula is C29H33N3O4S. The largest absolute Gasteiger partial charge is 0.493 e. The highest BCUT2D eigenvalue weighted by molar-refractivity contribution is 7.15. The Bertz CT molecular complexity index is 1320. The zero-order valence-corrected chi connectivity index (χ0v) is 22.1. The van der Waals surface area contributed by atoms with Crippen LogP contribution in [0, 0.1) is 19.8 Å². The molecule has 0 bridgehead atoms. The molecule has 3 aliphatic rings. The number of carbonyl (C=O) groups is 2. The van der Waals surface area contributed by atoms with Crippen LogP contribution < -0.4 is 10.5 Å². The molecule has 194 valence electrons. The highest BCUT2D eigenvalue weighted by atomic mass is 32.1. The number of benzene rings is 2. The predicted octanol–water partition coefficient (Wildman–Crippen LogP) is 5.09. The van der Waals surface area contributed by atoms with Crippen molar-refractivity contribution >= 4 is 23.2 Å². The van der Waals surface area contributed by atoms with E-state index in [0.717, 1.165) is 39.6 Å². The monoisotopic (exact) mass is 519 g/mol. The second-order valence-electron chi connectivity index (χ2n) is 10.1. The number of nitrogens with zero attached hydrogens (tertiary/aromatic N) is 2. The number of thiazole rings is 1. The molecule has 3 heterocycles. The molecule has 2 aliphatic heterocycles. The summed E-state index contributed by atoms with van der Waals surface area (Å²) in [4.78, 5) is 31.9. The predicted molar refractivity (Wildman–Crippen MR) is 144 cm³/mol. The molecule has 37 heavy (non-hydrogen) atoms. The maximum Gasteiger partial charge on any atom is 0.336 e. The zero-order chi connectivity index (χ0) is 26.1. The highest BCUT2D eigenvalue weighted by Gasteiger charge is 2.46. The molecule has 3 atom stereocenters. The highest BCUT2D eigenvalue weighted by Crippen LogP contribution is 2.43. The van der Waals surface area contributed by atoms with Gasteiger partial charge in [-0.3, -0.25) is 4.79 Å². The molecule has 1 saturated carbocycles. The smallest absolute Gasteiger partial charge is 0.336 e. The molecule has 0 radical (unpaired) electrons. The van der Waals surface area contributed by atoms with Gasteiger partial charge in [0.15, 0.2) is 0 Å². The van der Waals surface area contributed by atoms with Crippen molar-refractivity contribution in [1.29, 1.82) is 0 Å². The number of rotatable bonds is 4. The van der Waals surface area contributed by atoms with Crippen LogP contribution in [0.3, 0.4) is 0 Å². The number of hydrogen-bond donors (Lipinski definition) is 2. The second-order valence-corrected chi connectivity index (χ2v) is 11.3. The van der Waals surface area contributed by atoms with E-state index in [1.54, 1.807) is 29.5 Å². The van der Waals surface area contributed by atoms with Gasteiger partial charge in [-0.1, -0.05) is 42.3 Å². The average molecular weight is 520 g/mol. The first-order valence-electron chi connectivity index (χ1n) is 12.9. The molecule has 1 amide bonds. The number of hydrogen-bond acceptors (Lipinski definition) is 6. The maximum atomic E-state index is 13.5. The minimum Gasteiger partial charge on any atom is -0.493 e. The number of aryl methyl sites for hydroxylation is 2. The molecule has 1 aromatic heterocycles. The summed E-state index contributed by atoms with van der Waals surface area (Å²) >= 11 is 1.61. The van der Waals surface area contributed by atoms with Gasteiger partial charge in [-0.05, 0) is 56.7 Å². The van der Waals surface area contributed by atoms with Crippen LogP contribution in [-0.4, -0.2) is 52.1 Å². The summed E-state index contributed by atoms with van der Waals surface area (Å²) in [6.45, 7) is 5.19. The average Bonchev–Trinajstić information content (AvgIpc) is 3.66. The van der Waals surface area contributed by atoms with Crippen molar-refractivity contribution in [3.8, 4) is 16.2 Å². The fraction of sp³-hybridized carbons (Fsp3) is 0.414. The van der Waals surface area contributed by atoms with Crippen LogP contribution in [0.5, 0.6) is 5.75 Å². The first-order chi connectivity index (χ1) is 17.9. The Balaban J connectivity index is 0.000000195. The lowest BCUT2D eigenvalue weighted by atomic mass is 10.0. The Morgan fingerprint density at radius 2 is 2.00 bits per heavy atom. The van der Waals surface area contributed by atoms with Gasteiger partial charge in [0.05, 0.1) is 22.1 Å². The lowest BCUT2D eigenvalue weighted by molar-refractivity contribution is 0.0658. The SMILES string of the molecule is Cc1cccc(-c2sc(C)nc2C(=O)N2[C@H](CN)C[C@@H]3CCC[C@@H]32)c1.O=C(O)c1cccc2c1CCO2. The van der Waals surface area contributed by atoms with Crippen LogP contribution in [0.25, 0.3) is 10.4 Å². The fourth-order valence-corrected chi connectivity index (χ4v) is 6.92. The van der Waals surface area contributed by atoms with E-state index in [0.29, 0.717) is 42.8 Å². The lowest BCUT2D eigenvalue weighted by Crippen LogP contribution is -2.44. The van der Waals surface area contributed by atoms with E-state index in [-0.39, 0.29) is 11.9 Å². The lowest BCUT2D eigenvalue weighted by Gasteiger charge is -2.29. The Kier molecular flexibility index (Phi) is 7.31. The molecule has 0 unspecified atom stereocenters. The van der Waals surface area contributed by atoms with Crippen molar-refractivity contribution in [1.82, 2.24) is 9.88 Å². The third-order valence-corrected chi connectivity index (χ3v) is 8.66. The number of amides is 1. The Hall–Kier alpha value is -3.23. The van der Waals surface area contributed by atoms with Crippen molar-refractivity contribution in [3.05, 3.63) is 69.9 Å². The molecule has 3 N–H and O–H groups in total. The second kappa shape index (κ2) is 10.6. The molecule has 8 heteroatoms. The van der Waals surface area contributed by atoms with E-state index in [1.165, 1.54) is 18.4 Å². The van der Waals surface area contributed by atoms with Gasteiger partial charge in [-0.15, -0.1) is 11.3 Å². The van der Waals surface area contributed by atoms with Crippen molar-refractivity contribution < 1.29 is 19.4 Å². The van der Waals surface area contributed by atoms with E-state index in [2.05, 4.69) is 35.0 Å². The summed E-state index contributed by atoms with van der Waals surface area (Å²) < 4.78 is 5.23. The Morgan fingerprint density at radius 3 is 2.76 bits per heavy atom. The summed E-state index contributed by atoms with van der Waals surface area (Å²) in [5, 5.41) is 9.73. The van der Waals surface area contributed by atoms with E-state index in [4.69, 9.17) is 15.6 Å². The summed E-state index contributed by atoms with van der Waals surface area (Å²) in [5.41, 5.74) is 10.1. The molecule has 0 spiro atoms. The summed E-state index contributed by atoms with van der Waals surface area (Å²) in [7, 11) is 0. The quantitative estimate of drug-likeness (QED) is 0.498. The first kappa shape index (κ1) is 25.4. The van der Waals surface area contributed by atoms with E-state index in [9.17, 15) is 9.59 Å². The number of fused-ring (bicyclic) bond motifs is 2. The molecule has 2 aromatic carbocycles. The first-order valence-corrected chi connectivity index (χ1v) is 13.7. The molecule has 3 aromatic rings. The maximum absolute atomic E-state index is 13.5. The topological polar surface area (TPSA) is 106 Å². The van der Waals surface area contributed by atoms with Crippen LogP contribution in [0.1, 0.15) is 62.7 Å². The van der Waals surface area contributed by atoms with Crippen LogP contribution in [-0.2, 0) is 6.42 Å². The van der Waals surface area contributed by atoms with Crippen molar-refractivity contribution in [3.63, 3.8) is 0 Å². The number of ether oxygens (including phenoxy) is 1. The molecule has 7 nitrogen and oxygen atoms in total. The summed E-state index contributed by atoms with van der Waals surface area (Å²) in [5.74, 6) is 0.539. The number of aromatic carboxylic acids is 1. The Labute approximate surface area is 221 Å². The summed E-state index contributed by atoms with van der Waals surface area (Å²) in [6.07, 6.45) is 5.31. The molecule has 1 saturated heterocycles. The van der Waals surface area contributed by atoms with Gasteiger partial charge in [0.25, 0.3) is 5.91 Å². The number of nitrogens with two attached hydrogens (primary N) is 1. The van der Waals surface area contributed by atoms with Crippen LogP contribution in [0.4, 0.5) is 0 Å². The number of aromatic nitrogens is 1. The molecular weight excluding hydrogens is 486 g/mol. The van der Waals surface area contributed by atoms with Crippen LogP contribution in [0.15, 0.2) is 42.5 Å². The molecule has 1 aliphatic carbocycles. The minimum absolute atomic E-state index is 0.0747.